The van der Waals surface area contributed by atoms with Crippen molar-refractivity contribution in [2.45, 2.75) is 27.7 Å². The summed E-state index contributed by atoms with van der Waals surface area (Å²) in [7, 11) is 1.61. The van der Waals surface area contributed by atoms with Gasteiger partial charge in [-0.3, -0.25) is 4.79 Å². The molecule has 1 aromatic heterocycles. The molecule has 0 saturated carbocycles. The van der Waals surface area contributed by atoms with Gasteiger partial charge in [-0.15, -0.1) is 11.3 Å². The van der Waals surface area contributed by atoms with E-state index in [1.54, 1.807) is 13.2 Å². The summed E-state index contributed by atoms with van der Waals surface area (Å²) in [6.07, 6.45) is 0. The number of methoxy groups -OCH3 is 1. The molecule has 102 valence electrons. The van der Waals surface area contributed by atoms with Crippen molar-refractivity contribution in [1.82, 2.24) is 5.32 Å². The Morgan fingerprint density at radius 2 is 1.94 bits per heavy atom. The van der Waals surface area contributed by atoms with Crippen LogP contribution in [0.25, 0.3) is 0 Å². The third-order valence-electron chi connectivity index (χ3n) is 3.25. The van der Waals surface area contributed by atoms with Crippen molar-refractivity contribution in [3.63, 3.8) is 0 Å². The van der Waals surface area contributed by atoms with Crippen LogP contribution in [0.5, 0.6) is 5.75 Å². The van der Waals surface area contributed by atoms with E-state index in [1.165, 1.54) is 11.3 Å². The summed E-state index contributed by atoms with van der Waals surface area (Å²) in [5.74, 6) is 2.39. The predicted octanol–water partition coefficient (Wildman–Crippen LogP) is 3.41. The van der Waals surface area contributed by atoms with Crippen LogP contribution in [-0.2, 0) is 0 Å². The van der Waals surface area contributed by atoms with Gasteiger partial charge in [0.15, 0.2) is 0 Å². The monoisotopic (exact) mass is 269 g/mol. The molecule has 0 saturated heterocycles. The lowest BCUT2D eigenvalue weighted by atomic mass is 9.85. The van der Waals surface area contributed by atoms with E-state index in [9.17, 15) is 4.79 Å². The summed E-state index contributed by atoms with van der Waals surface area (Å²) >= 11 is 1.41. The Kier molecular flexibility index (Phi) is 5.66. The predicted molar refractivity (Wildman–Crippen MR) is 76.4 cm³/mol. The summed E-state index contributed by atoms with van der Waals surface area (Å²) in [5.41, 5.74) is 0. The fourth-order valence-corrected chi connectivity index (χ4v) is 2.85. The number of hydrogen-bond acceptors (Lipinski definition) is 3. The van der Waals surface area contributed by atoms with E-state index in [2.05, 4.69) is 33.0 Å². The van der Waals surface area contributed by atoms with Crippen LogP contribution in [0.4, 0.5) is 0 Å². The topological polar surface area (TPSA) is 38.3 Å². The number of amides is 1. The van der Waals surface area contributed by atoms with Crippen LogP contribution in [0.15, 0.2) is 11.4 Å². The zero-order valence-electron chi connectivity index (χ0n) is 11.8. The zero-order chi connectivity index (χ0) is 13.7. The van der Waals surface area contributed by atoms with Crippen LogP contribution in [0.1, 0.15) is 37.4 Å². The SMILES string of the molecule is COc1csc(C(=O)NCC(C(C)C)C(C)C)c1. The number of hydrogen-bond donors (Lipinski definition) is 1. The second-order valence-electron chi connectivity index (χ2n) is 5.21. The highest BCUT2D eigenvalue weighted by Gasteiger charge is 2.19. The molecule has 0 fully saturated rings. The first kappa shape index (κ1) is 15.0. The average Bonchev–Trinajstić information content (AvgIpc) is 2.76. The number of nitrogens with one attached hydrogen (secondary N) is 1. The lowest BCUT2D eigenvalue weighted by Crippen LogP contribution is -2.33. The molecule has 0 radical (unpaired) electrons. The van der Waals surface area contributed by atoms with Crippen molar-refractivity contribution in [1.29, 1.82) is 0 Å². The van der Waals surface area contributed by atoms with Crippen LogP contribution in [0.2, 0.25) is 0 Å². The van der Waals surface area contributed by atoms with Crippen LogP contribution in [0, 0.1) is 17.8 Å². The highest BCUT2D eigenvalue weighted by atomic mass is 32.1. The fourth-order valence-electron chi connectivity index (χ4n) is 2.08. The van der Waals surface area contributed by atoms with Gasteiger partial charge in [0.1, 0.15) is 5.75 Å². The van der Waals surface area contributed by atoms with Crippen molar-refractivity contribution in [3.05, 3.63) is 16.3 Å². The third-order valence-corrected chi connectivity index (χ3v) is 4.15. The van der Waals surface area contributed by atoms with E-state index in [4.69, 9.17) is 4.74 Å². The molecule has 1 N–H and O–H groups in total. The van der Waals surface area contributed by atoms with E-state index in [0.717, 1.165) is 12.3 Å². The zero-order valence-corrected chi connectivity index (χ0v) is 12.6. The summed E-state index contributed by atoms with van der Waals surface area (Å²) in [5, 5.41) is 4.86. The molecule has 4 heteroatoms. The molecular weight excluding hydrogens is 246 g/mol. The first-order valence-electron chi connectivity index (χ1n) is 6.36. The molecule has 1 aromatic rings. The number of carbonyl (C=O) groups excluding carboxylic acids is 1. The lowest BCUT2D eigenvalue weighted by Gasteiger charge is -2.24. The van der Waals surface area contributed by atoms with Gasteiger partial charge in [0.25, 0.3) is 5.91 Å². The fraction of sp³-hybridized carbons (Fsp3) is 0.643. The van der Waals surface area contributed by atoms with Crippen LogP contribution >= 0.6 is 11.3 Å². The standard InChI is InChI=1S/C14H23NO2S/c1-9(2)12(10(3)4)7-15-14(16)13-6-11(17-5)8-18-13/h6,8-10,12H,7H2,1-5H3,(H,15,16). The largest absolute Gasteiger partial charge is 0.496 e. The van der Waals surface area contributed by atoms with Crippen LogP contribution in [-0.4, -0.2) is 19.6 Å². The smallest absolute Gasteiger partial charge is 0.261 e. The maximum atomic E-state index is 12.0. The van der Waals surface area contributed by atoms with E-state index in [1.807, 2.05) is 5.38 Å². The van der Waals surface area contributed by atoms with Crippen molar-refractivity contribution >= 4 is 17.2 Å². The Hall–Kier alpha value is -1.03. The van der Waals surface area contributed by atoms with Gasteiger partial charge in [0.2, 0.25) is 0 Å². The van der Waals surface area contributed by atoms with Crippen LogP contribution in [0.3, 0.4) is 0 Å². The first-order valence-corrected chi connectivity index (χ1v) is 7.24. The molecule has 0 bridgehead atoms. The average molecular weight is 269 g/mol. The van der Waals surface area contributed by atoms with Gasteiger partial charge in [-0.05, 0) is 17.8 Å². The minimum absolute atomic E-state index is 0.00500. The molecule has 0 unspecified atom stereocenters. The third kappa shape index (κ3) is 4.02. The molecule has 0 aliphatic carbocycles. The van der Waals surface area contributed by atoms with Gasteiger partial charge >= 0.3 is 0 Å². The summed E-state index contributed by atoms with van der Waals surface area (Å²) in [4.78, 5) is 12.7. The lowest BCUT2D eigenvalue weighted by molar-refractivity contribution is 0.0941. The van der Waals surface area contributed by atoms with E-state index in [-0.39, 0.29) is 5.91 Å². The highest BCUT2D eigenvalue weighted by Crippen LogP contribution is 2.22. The Bertz CT molecular complexity index is 377. The molecule has 0 atom stereocenters. The van der Waals surface area contributed by atoms with Crippen molar-refractivity contribution in [2.75, 3.05) is 13.7 Å². The van der Waals surface area contributed by atoms with Gasteiger partial charge in [-0.2, -0.15) is 0 Å². The second-order valence-corrected chi connectivity index (χ2v) is 6.12. The second kappa shape index (κ2) is 6.78. The van der Waals surface area contributed by atoms with Crippen molar-refractivity contribution in [2.24, 2.45) is 17.8 Å². The van der Waals surface area contributed by atoms with Crippen LogP contribution < -0.4 is 10.1 Å². The minimum atomic E-state index is -0.00500. The quantitative estimate of drug-likeness (QED) is 0.859. The van der Waals surface area contributed by atoms with Crippen molar-refractivity contribution < 1.29 is 9.53 Å². The van der Waals surface area contributed by atoms with E-state index in [0.29, 0.717) is 22.6 Å². The number of carbonyl (C=O) groups is 1. The van der Waals surface area contributed by atoms with E-state index < -0.39 is 0 Å². The molecule has 0 spiro atoms. The highest BCUT2D eigenvalue weighted by molar-refractivity contribution is 7.12. The van der Waals surface area contributed by atoms with Gasteiger partial charge in [-0.25, -0.2) is 0 Å². The molecule has 0 aromatic carbocycles. The minimum Gasteiger partial charge on any atom is -0.496 e. The molecule has 1 heterocycles. The van der Waals surface area contributed by atoms with E-state index >= 15 is 0 Å². The van der Waals surface area contributed by atoms with Gasteiger partial charge in [0, 0.05) is 18.0 Å². The maximum Gasteiger partial charge on any atom is 0.261 e. The Balaban J connectivity index is 2.54. The number of ether oxygens (including phenoxy) is 1. The number of rotatable bonds is 6. The van der Waals surface area contributed by atoms with Crippen molar-refractivity contribution in [3.8, 4) is 5.75 Å². The molecule has 3 nitrogen and oxygen atoms in total. The molecule has 18 heavy (non-hydrogen) atoms. The normalized spacial score (nSPS) is 11.3. The first-order chi connectivity index (χ1) is 8.45. The Morgan fingerprint density at radius 1 is 1.33 bits per heavy atom. The Labute approximate surface area is 114 Å². The molecule has 0 aliphatic rings. The molecular formula is C14H23NO2S. The van der Waals surface area contributed by atoms with Gasteiger partial charge in [0.05, 0.1) is 12.0 Å². The summed E-state index contributed by atoms with van der Waals surface area (Å²) in [6.45, 7) is 9.53. The molecule has 1 rings (SSSR count). The maximum absolute atomic E-state index is 12.0. The summed E-state index contributed by atoms with van der Waals surface area (Å²) < 4.78 is 5.08. The van der Waals surface area contributed by atoms with Gasteiger partial charge in [-0.1, -0.05) is 27.7 Å². The Morgan fingerprint density at radius 3 is 2.39 bits per heavy atom. The van der Waals surface area contributed by atoms with Gasteiger partial charge < -0.3 is 10.1 Å². The molecule has 0 aliphatic heterocycles. The number of thiophene rings is 1. The summed E-state index contributed by atoms with van der Waals surface area (Å²) in [6, 6.07) is 1.78. The molecule has 1 amide bonds.